The van der Waals surface area contributed by atoms with E-state index in [0.717, 1.165) is 19.5 Å². The van der Waals surface area contributed by atoms with E-state index in [1.165, 1.54) is 16.7 Å². The van der Waals surface area contributed by atoms with E-state index >= 15 is 0 Å². The molecule has 1 radical (unpaired) electrons. The molecule has 0 saturated carbocycles. The first-order chi connectivity index (χ1) is 6.90. The average molecular weight is 184 g/mol. The number of benzene rings is 1. The molecule has 1 aliphatic heterocycles. The van der Waals surface area contributed by atoms with Crippen molar-refractivity contribution >= 4 is 0 Å². The Morgan fingerprint density at radius 2 is 2.14 bits per heavy atom. The van der Waals surface area contributed by atoms with Crippen LogP contribution in [0, 0.1) is 6.58 Å². The van der Waals surface area contributed by atoms with Gasteiger partial charge in [0.05, 0.1) is 0 Å². The van der Waals surface area contributed by atoms with E-state index < -0.39 is 0 Å². The Kier molecular flexibility index (Phi) is 2.80. The van der Waals surface area contributed by atoms with Gasteiger partial charge in [0.15, 0.2) is 0 Å². The van der Waals surface area contributed by atoms with Crippen molar-refractivity contribution in [3.8, 4) is 0 Å². The number of nitrogens with one attached hydrogen (secondary N) is 1. The second-order valence-corrected chi connectivity index (χ2v) is 3.53. The Hall–Kier alpha value is -1.34. The van der Waals surface area contributed by atoms with E-state index in [4.69, 9.17) is 6.58 Å². The molecule has 1 heteroatoms. The molecule has 1 aromatic carbocycles. The molecule has 0 fully saturated rings. The summed E-state index contributed by atoms with van der Waals surface area (Å²) in [6, 6.07) is 6.67. The van der Waals surface area contributed by atoms with Crippen molar-refractivity contribution in [2.75, 3.05) is 0 Å². The third-order valence-corrected chi connectivity index (χ3v) is 2.50. The van der Waals surface area contributed by atoms with E-state index in [2.05, 4.69) is 29.6 Å². The van der Waals surface area contributed by atoms with Gasteiger partial charge in [-0.05, 0) is 23.1 Å². The van der Waals surface area contributed by atoms with Crippen LogP contribution < -0.4 is 5.32 Å². The second kappa shape index (κ2) is 4.25. The maximum Gasteiger partial charge on any atom is 0.0212 e. The summed E-state index contributed by atoms with van der Waals surface area (Å²) in [5, 5.41) is 3.34. The molecule has 2 rings (SSSR count). The monoisotopic (exact) mass is 184 g/mol. The summed E-state index contributed by atoms with van der Waals surface area (Å²) in [6.07, 6.45) is 6.48. The van der Waals surface area contributed by atoms with Crippen molar-refractivity contribution in [2.45, 2.75) is 19.5 Å². The lowest BCUT2D eigenvalue weighted by atomic mass is 10.0. The molecule has 0 saturated heterocycles. The third-order valence-electron chi connectivity index (χ3n) is 2.50. The van der Waals surface area contributed by atoms with Gasteiger partial charge in [0, 0.05) is 13.1 Å². The molecule has 71 valence electrons. The molecule has 0 atom stereocenters. The molecule has 1 aromatic rings. The Morgan fingerprint density at radius 3 is 3.00 bits per heavy atom. The first kappa shape index (κ1) is 9.22. The summed E-state index contributed by atoms with van der Waals surface area (Å²) < 4.78 is 0. The molecule has 0 aliphatic carbocycles. The molecule has 0 amide bonds. The summed E-state index contributed by atoms with van der Waals surface area (Å²) in [7, 11) is 0. The SMILES string of the molecule is [CH]=CC=CCc1ccc2c(c1)CNC2. The van der Waals surface area contributed by atoms with Crippen LogP contribution in [0.15, 0.2) is 36.4 Å². The quantitative estimate of drug-likeness (QED) is 0.711. The van der Waals surface area contributed by atoms with Crippen molar-refractivity contribution in [2.24, 2.45) is 0 Å². The van der Waals surface area contributed by atoms with Gasteiger partial charge in [-0.1, -0.05) is 43.0 Å². The number of hydrogen-bond donors (Lipinski definition) is 1. The maximum atomic E-state index is 5.26. The van der Waals surface area contributed by atoms with Gasteiger partial charge in [-0.15, -0.1) is 0 Å². The van der Waals surface area contributed by atoms with Crippen LogP contribution in [0.4, 0.5) is 0 Å². The Balaban J connectivity index is 2.12. The summed E-state index contributed by atoms with van der Waals surface area (Å²) in [4.78, 5) is 0. The molecule has 0 bridgehead atoms. The van der Waals surface area contributed by atoms with Gasteiger partial charge >= 0.3 is 0 Å². The normalized spacial score (nSPS) is 14.6. The molecule has 14 heavy (non-hydrogen) atoms. The molecule has 1 heterocycles. The molecular formula is C13H14N. The van der Waals surface area contributed by atoms with Gasteiger partial charge in [-0.25, -0.2) is 0 Å². The highest BCUT2D eigenvalue weighted by atomic mass is 14.9. The van der Waals surface area contributed by atoms with Crippen molar-refractivity contribution in [1.29, 1.82) is 0 Å². The fourth-order valence-corrected chi connectivity index (χ4v) is 1.76. The van der Waals surface area contributed by atoms with Crippen LogP contribution in [0.3, 0.4) is 0 Å². The zero-order valence-electron chi connectivity index (χ0n) is 8.16. The number of fused-ring (bicyclic) bond motifs is 1. The fourth-order valence-electron chi connectivity index (χ4n) is 1.76. The van der Waals surface area contributed by atoms with Crippen LogP contribution in [0.1, 0.15) is 16.7 Å². The highest BCUT2D eigenvalue weighted by molar-refractivity contribution is 5.35. The molecule has 0 aromatic heterocycles. The van der Waals surface area contributed by atoms with Crippen LogP contribution in [-0.2, 0) is 19.5 Å². The maximum absolute atomic E-state index is 5.26. The predicted molar refractivity (Wildman–Crippen MR) is 58.7 cm³/mol. The number of hydrogen-bond acceptors (Lipinski definition) is 1. The van der Waals surface area contributed by atoms with Gasteiger partial charge in [-0.3, -0.25) is 0 Å². The Labute approximate surface area is 85.2 Å². The van der Waals surface area contributed by atoms with E-state index in [9.17, 15) is 0 Å². The van der Waals surface area contributed by atoms with Crippen LogP contribution in [0.25, 0.3) is 0 Å². The van der Waals surface area contributed by atoms with Crippen LogP contribution in [-0.4, -0.2) is 0 Å². The van der Waals surface area contributed by atoms with E-state index in [1.807, 2.05) is 6.08 Å². The predicted octanol–water partition coefficient (Wildman–Crippen LogP) is 2.38. The standard InChI is InChI=1S/C13H14N/c1-2-3-4-5-11-6-7-12-9-14-10-13(12)8-11/h1-4,6-8,14H,5,9-10H2. The molecule has 0 unspecified atom stereocenters. The Morgan fingerprint density at radius 1 is 1.29 bits per heavy atom. The van der Waals surface area contributed by atoms with E-state index in [0.29, 0.717) is 0 Å². The van der Waals surface area contributed by atoms with Gasteiger partial charge in [0.2, 0.25) is 0 Å². The largest absolute Gasteiger partial charge is 0.309 e. The highest BCUT2D eigenvalue weighted by Gasteiger charge is 2.08. The molecule has 1 nitrogen and oxygen atoms in total. The van der Waals surface area contributed by atoms with Crippen LogP contribution >= 0.6 is 0 Å². The van der Waals surface area contributed by atoms with Gasteiger partial charge in [0.25, 0.3) is 0 Å². The number of allylic oxidation sites excluding steroid dienone is 3. The van der Waals surface area contributed by atoms with Gasteiger partial charge in [0.1, 0.15) is 0 Å². The average Bonchev–Trinajstić information content (AvgIpc) is 2.65. The summed E-state index contributed by atoms with van der Waals surface area (Å²) >= 11 is 0. The van der Waals surface area contributed by atoms with E-state index in [-0.39, 0.29) is 0 Å². The Bertz CT molecular complexity index is 363. The minimum absolute atomic E-state index is 0.959. The lowest BCUT2D eigenvalue weighted by Crippen LogP contribution is -1.99. The van der Waals surface area contributed by atoms with Crippen LogP contribution in [0.5, 0.6) is 0 Å². The summed E-state index contributed by atoms with van der Waals surface area (Å²) in [5.74, 6) is 0. The lowest BCUT2D eigenvalue weighted by molar-refractivity contribution is 0.764. The van der Waals surface area contributed by atoms with Gasteiger partial charge in [-0.2, -0.15) is 0 Å². The first-order valence-corrected chi connectivity index (χ1v) is 4.91. The topological polar surface area (TPSA) is 12.0 Å². The molecular weight excluding hydrogens is 170 g/mol. The van der Waals surface area contributed by atoms with Gasteiger partial charge < -0.3 is 5.32 Å². The smallest absolute Gasteiger partial charge is 0.0212 e. The van der Waals surface area contributed by atoms with Crippen molar-refractivity contribution in [1.82, 2.24) is 5.32 Å². The molecule has 0 spiro atoms. The first-order valence-electron chi connectivity index (χ1n) is 4.91. The third kappa shape index (κ3) is 1.94. The van der Waals surface area contributed by atoms with Crippen molar-refractivity contribution in [3.05, 3.63) is 59.7 Å². The van der Waals surface area contributed by atoms with Crippen LogP contribution in [0.2, 0.25) is 0 Å². The van der Waals surface area contributed by atoms with E-state index in [1.54, 1.807) is 6.08 Å². The minimum Gasteiger partial charge on any atom is -0.309 e. The molecule has 1 aliphatic rings. The second-order valence-electron chi connectivity index (χ2n) is 3.53. The summed E-state index contributed by atoms with van der Waals surface area (Å²) in [5.41, 5.74) is 4.22. The zero-order chi connectivity index (χ0) is 9.80. The zero-order valence-corrected chi connectivity index (χ0v) is 8.16. The lowest BCUT2D eigenvalue weighted by Gasteiger charge is -2.00. The minimum atomic E-state index is 0.959. The number of rotatable bonds is 3. The van der Waals surface area contributed by atoms with Crippen molar-refractivity contribution in [3.63, 3.8) is 0 Å². The fraction of sp³-hybridized carbons (Fsp3) is 0.231. The molecule has 1 N–H and O–H groups in total. The van der Waals surface area contributed by atoms with Crippen molar-refractivity contribution < 1.29 is 0 Å². The highest BCUT2D eigenvalue weighted by Crippen LogP contribution is 2.17. The summed E-state index contributed by atoms with van der Waals surface area (Å²) in [6.45, 7) is 7.29.